The SMILES string of the molecule is CCc1cccc2c(/C=C3\SC(=O)N(CCCc4ccccc4)C3=O)cn(CC(N)=O)c12. The minimum atomic E-state index is -0.432. The van der Waals surface area contributed by atoms with Gasteiger partial charge in [0.2, 0.25) is 5.91 Å². The maximum Gasteiger partial charge on any atom is 0.293 e. The zero-order chi connectivity index (χ0) is 22.7. The monoisotopic (exact) mass is 447 g/mol. The fraction of sp³-hybridized carbons (Fsp3) is 0.240. The van der Waals surface area contributed by atoms with Gasteiger partial charge in [0.05, 0.1) is 10.4 Å². The summed E-state index contributed by atoms with van der Waals surface area (Å²) < 4.78 is 1.83. The molecule has 1 aliphatic heterocycles. The first-order chi connectivity index (χ1) is 15.5. The van der Waals surface area contributed by atoms with Gasteiger partial charge in [-0.1, -0.05) is 55.5 Å². The van der Waals surface area contributed by atoms with Crippen LogP contribution in [0, 0.1) is 0 Å². The summed E-state index contributed by atoms with van der Waals surface area (Å²) in [7, 11) is 0. The number of hydrogen-bond donors (Lipinski definition) is 1. The molecular weight excluding hydrogens is 422 g/mol. The number of hydrogen-bond acceptors (Lipinski definition) is 4. The molecule has 2 aromatic carbocycles. The fourth-order valence-corrected chi connectivity index (χ4v) is 4.93. The van der Waals surface area contributed by atoms with Crippen LogP contribution in [0.4, 0.5) is 4.79 Å². The van der Waals surface area contributed by atoms with Gasteiger partial charge in [0, 0.05) is 23.7 Å². The molecule has 0 unspecified atom stereocenters. The normalized spacial score (nSPS) is 15.3. The number of nitrogens with two attached hydrogens (primary N) is 1. The number of imide groups is 1. The van der Waals surface area contributed by atoms with Crippen LogP contribution in [0.5, 0.6) is 0 Å². The molecule has 164 valence electrons. The van der Waals surface area contributed by atoms with Crippen LogP contribution in [0.2, 0.25) is 0 Å². The zero-order valence-corrected chi connectivity index (χ0v) is 18.7. The Morgan fingerprint density at radius 3 is 2.59 bits per heavy atom. The number of rotatable bonds is 8. The number of para-hydroxylation sites is 1. The van der Waals surface area contributed by atoms with Crippen molar-refractivity contribution in [1.82, 2.24) is 9.47 Å². The third kappa shape index (κ3) is 4.48. The van der Waals surface area contributed by atoms with E-state index in [4.69, 9.17) is 5.73 Å². The average Bonchev–Trinajstić information content (AvgIpc) is 3.26. The highest BCUT2D eigenvalue weighted by molar-refractivity contribution is 8.18. The second-order valence-corrected chi connectivity index (χ2v) is 8.76. The maximum absolute atomic E-state index is 12.9. The number of nitrogens with zero attached hydrogens (tertiary/aromatic N) is 2. The number of primary amides is 1. The van der Waals surface area contributed by atoms with Gasteiger partial charge in [-0.15, -0.1) is 0 Å². The number of amides is 3. The Balaban J connectivity index is 1.58. The van der Waals surface area contributed by atoms with Crippen molar-refractivity contribution in [3.05, 3.63) is 76.3 Å². The minimum absolute atomic E-state index is 0.0579. The molecule has 2 N–H and O–H groups in total. The summed E-state index contributed by atoms with van der Waals surface area (Å²) in [5.41, 5.74) is 9.45. The summed E-state index contributed by atoms with van der Waals surface area (Å²) in [6, 6.07) is 16.0. The van der Waals surface area contributed by atoms with Gasteiger partial charge < -0.3 is 10.3 Å². The van der Waals surface area contributed by atoms with E-state index in [1.807, 2.05) is 59.3 Å². The number of fused-ring (bicyclic) bond motifs is 1. The Morgan fingerprint density at radius 1 is 1.09 bits per heavy atom. The van der Waals surface area contributed by atoms with Gasteiger partial charge in [-0.25, -0.2) is 0 Å². The first-order valence-corrected chi connectivity index (χ1v) is 11.5. The van der Waals surface area contributed by atoms with Crippen molar-refractivity contribution >= 4 is 45.8 Å². The van der Waals surface area contributed by atoms with Crippen LogP contribution in [-0.2, 0) is 29.0 Å². The van der Waals surface area contributed by atoms with E-state index in [1.54, 1.807) is 6.08 Å². The van der Waals surface area contributed by atoms with Crippen LogP contribution < -0.4 is 5.73 Å². The number of carbonyl (C=O) groups is 3. The summed E-state index contributed by atoms with van der Waals surface area (Å²) in [6.45, 7) is 2.50. The van der Waals surface area contributed by atoms with E-state index in [1.165, 1.54) is 10.5 Å². The highest BCUT2D eigenvalue weighted by Gasteiger charge is 2.34. The summed E-state index contributed by atoms with van der Waals surface area (Å²) in [5, 5.41) is 0.686. The lowest BCUT2D eigenvalue weighted by Crippen LogP contribution is -2.29. The Morgan fingerprint density at radius 2 is 1.88 bits per heavy atom. The van der Waals surface area contributed by atoms with Crippen molar-refractivity contribution in [2.24, 2.45) is 5.73 Å². The van der Waals surface area contributed by atoms with E-state index in [-0.39, 0.29) is 17.7 Å². The fourth-order valence-electron chi connectivity index (χ4n) is 4.08. The number of thioether (sulfide) groups is 1. The lowest BCUT2D eigenvalue weighted by molar-refractivity contribution is -0.122. The lowest BCUT2D eigenvalue weighted by Gasteiger charge is -2.12. The van der Waals surface area contributed by atoms with Crippen LogP contribution in [0.15, 0.2) is 59.6 Å². The van der Waals surface area contributed by atoms with Gasteiger partial charge in [-0.05, 0) is 48.2 Å². The first-order valence-electron chi connectivity index (χ1n) is 10.7. The summed E-state index contributed by atoms with van der Waals surface area (Å²) >= 11 is 0.962. The van der Waals surface area contributed by atoms with Crippen molar-refractivity contribution in [3.63, 3.8) is 0 Å². The summed E-state index contributed by atoms with van der Waals surface area (Å²) in [4.78, 5) is 38.7. The lowest BCUT2D eigenvalue weighted by atomic mass is 10.1. The molecule has 2 heterocycles. The molecule has 0 saturated carbocycles. The van der Waals surface area contributed by atoms with E-state index >= 15 is 0 Å². The smallest absolute Gasteiger partial charge is 0.293 e. The first kappa shape index (κ1) is 21.9. The Hall–Kier alpha value is -3.32. The van der Waals surface area contributed by atoms with Gasteiger partial charge in [0.1, 0.15) is 6.54 Å². The molecule has 6 nitrogen and oxygen atoms in total. The van der Waals surface area contributed by atoms with Crippen LogP contribution in [-0.4, -0.2) is 33.1 Å². The molecule has 1 saturated heterocycles. The van der Waals surface area contributed by atoms with Crippen molar-refractivity contribution in [1.29, 1.82) is 0 Å². The molecule has 32 heavy (non-hydrogen) atoms. The van der Waals surface area contributed by atoms with E-state index < -0.39 is 5.91 Å². The molecule has 0 radical (unpaired) electrons. The van der Waals surface area contributed by atoms with Crippen molar-refractivity contribution in [2.45, 2.75) is 32.7 Å². The predicted octanol–water partition coefficient (Wildman–Crippen LogP) is 4.36. The molecule has 0 bridgehead atoms. The summed E-state index contributed by atoms with van der Waals surface area (Å²) in [6.07, 6.45) is 5.91. The Labute approximate surface area is 191 Å². The molecule has 1 aliphatic rings. The quantitative estimate of drug-likeness (QED) is 0.520. The summed E-state index contributed by atoms with van der Waals surface area (Å²) in [5.74, 6) is -0.700. The standard InChI is InChI=1S/C25H25N3O3S/c1-2-18-11-6-12-20-19(15-27(23(18)20)16-22(26)29)14-21-24(30)28(25(31)32-21)13-7-10-17-8-4-3-5-9-17/h3-6,8-9,11-12,14-15H,2,7,10,13,16H2,1H3,(H2,26,29)/b21-14-. The molecule has 1 fully saturated rings. The van der Waals surface area contributed by atoms with E-state index in [0.717, 1.165) is 46.6 Å². The third-order valence-corrected chi connectivity index (χ3v) is 6.48. The number of aryl methyl sites for hydroxylation is 2. The Kier molecular flexibility index (Phi) is 6.46. The number of carbonyl (C=O) groups excluding carboxylic acids is 3. The minimum Gasteiger partial charge on any atom is -0.368 e. The van der Waals surface area contributed by atoms with Gasteiger partial charge >= 0.3 is 0 Å². The van der Waals surface area contributed by atoms with E-state index in [0.29, 0.717) is 17.9 Å². The zero-order valence-electron chi connectivity index (χ0n) is 17.9. The average molecular weight is 448 g/mol. The second-order valence-electron chi connectivity index (χ2n) is 7.77. The van der Waals surface area contributed by atoms with Gasteiger partial charge in [0.15, 0.2) is 0 Å². The largest absolute Gasteiger partial charge is 0.368 e. The van der Waals surface area contributed by atoms with Gasteiger partial charge in [-0.3, -0.25) is 19.3 Å². The molecule has 0 aliphatic carbocycles. The van der Waals surface area contributed by atoms with E-state index in [2.05, 4.69) is 6.92 Å². The molecule has 3 aromatic rings. The highest BCUT2D eigenvalue weighted by Crippen LogP contribution is 2.35. The van der Waals surface area contributed by atoms with Crippen molar-refractivity contribution in [3.8, 4) is 0 Å². The Bertz CT molecular complexity index is 1210. The maximum atomic E-state index is 12.9. The second kappa shape index (κ2) is 9.44. The third-order valence-electron chi connectivity index (χ3n) is 5.57. The highest BCUT2D eigenvalue weighted by atomic mass is 32.2. The van der Waals surface area contributed by atoms with Crippen LogP contribution in [0.3, 0.4) is 0 Å². The molecule has 3 amide bonds. The van der Waals surface area contributed by atoms with Crippen molar-refractivity contribution < 1.29 is 14.4 Å². The van der Waals surface area contributed by atoms with Crippen molar-refractivity contribution in [2.75, 3.05) is 6.54 Å². The molecular formula is C25H25N3O3S. The number of benzene rings is 2. The van der Waals surface area contributed by atoms with Gasteiger partial charge in [-0.2, -0.15) is 0 Å². The van der Waals surface area contributed by atoms with Crippen LogP contribution in [0.1, 0.15) is 30.0 Å². The number of aromatic nitrogens is 1. The topological polar surface area (TPSA) is 85.4 Å². The molecule has 4 rings (SSSR count). The molecule has 0 spiro atoms. The van der Waals surface area contributed by atoms with Crippen LogP contribution >= 0.6 is 11.8 Å². The molecule has 1 aromatic heterocycles. The predicted molar refractivity (Wildman–Crippen MR) is 128 cm³/mol. The molecule has 0 atom stereocenters. The van der Waals surface area contributed by atoms with Gasteiger partial charge in [0.25, 0.3) is 11.1 Å². The van der Waals surface area contributed by atoms with E-state index in [9.17, 15) is 14.4 Å². The molecule has 7 heteroatoms. The van der Waals surface area contributed by atoms with Crippen LogP contribution in [0.25, 0.3) is 17.0 Å².